The van der Waals surface area contributed by atoms with E-state index >= 15 is 0 Å². The number of nitrogens with zero attached hydrogens (tertiary/aromatic N) is 1. The number of rotatable bonds is 3. The monoisotopic (exact) mass is 229 g/mol. The third-order valence-corrected chi connectivity index (χ3v) is 3.17. The molecule has 1 aliphatic carbocycles. The second kappa shape index (κ2) is 3.69. The predicted octanol–water partition coefficient (Wildman–Crippen LogP) is 0.725. The van der Waals surface area contributed by atoms with Crippen molar-refractivity contribution in [2.24, 2.45) is 16.9 Å². The van der Waals surface area contributed by atoms with E-state index in [0.717, 1.165) is 23.4 Å². The van der Waals surface area contributed by atoms with Gasteiger partial charge in [-0.05, 0) is 24.1 Å². The average molecular weight is 229 g/mol. The summed E-state index contributed by atoms with van der Waals surface area (Å²) in [5.41, 5.74) is 5.22. The Hall–Kier alpha value is -2.17. The topological polar surface area (TPSA) is 70.6 Å². The van der Waals surface area contributed by atoms with Crippen LogP contribution in [0.3, 0.4) is 0 Å². The highest BCUT2D eigenvalue weighted by molar-refractivity contribution is 6.09. The minimum atomic E-state index is 0.0259. The summed E-state index contributed by atoms with van der Waals surface area (Å²) >= 11 is 0. The Kier molecular flexibility index (Phi) is 2.18. The lowest BCUT2D eigenvalue weighted by Gasteiger charge is -2.11. The summed E-state index contributed by atoms with van der Waals surface area (Å²) in [7, 11) is 0. The molecule has 0 bridgehead atoms. The summed E-state index contributed by atoms with van der Waals surface area (Å²) in [6, 6.07) is 7.44. The van der Waals surface area contributed by atoms with Crippen molar-refractivity contribution < 1.29 is 9.59 Å². The first-order valence-electron chi connectivity index (χ1n) is 5.47. The van der Waals surface area contributed by atoms with Gasteiger partial charge < -0.3 is 5.32 Å². The molecule has 0 spiro atoms. The SMILES string of the molecule is O=CNc1ccc(C2=NNC(=O)C3CC23)cc1. The summed E-state index contributed by atoms with van der Waals surface area (Å²) in [5.74, 6) is 0.405. The van der Waals surface area contributed by atoms with Crippen LogP contribution in [0.2, 0.25) is 0 Å². The van der Waals surface area contributed by atoms with Crippen LogP contribution in [0.1, 0.15) is 12.0 Å². The van der Waals surface area contributed by atoms with Crippen LogP contribution < -0.4 is 10.7 Å². The molecule has 2 atom stereocenters. The van der Waals surface area contributed by atoms with Crippen molar-refractivity contribution in [1.82, 2.24) is 5.43 Å². The van der Waals surface area contributed by atoms with Gasteiger partial charge in [-0.25, -0.2) is 5.43 Å². The van der Waals surface area contributed by atoms with Crippen molar-refractivity contribution >= 4 is 23.7 Å². The van der Waals surface area contributed by atoms with E-state index < -0.39 is 0 Å². The lowest BCUT2D eigenvalue weighted by molar-refractivity contribution is -0.122. The summed E-state index contributed by atoms with van der Waals surface area (Å²) in [4.78, 5) is 21.6. The van der Waals surface area contributed by atoms with Crippen molar-refractivity contribution in [3.05, 3.63) is 29.8 Å². The Morgan fingerprint density at radius 3 is 2.76 bits per heavy atom. The molecular formula is C12H11N3O2. The normalized spacial score (nSPS) is 25.4. The highest BCUT2D eigenvalue weighted by Crippen LogP contribution is 2.43. The van der Waals surface area contributed by atoms with Crippen molar-refractivity contribution in [2.75, 3.05) is 5.32 Å². The standard InChI is InChI=1S/C12H11N3O2/c16-6-13-8-3-1-7(2-4-8)11-9-5-10(9)12(17)15-14-11/h1-4,6,9-10H,5H2,(H,13,16)(H,15,17). The van der Waals surface area contributed by atoms with E-state index in [2.05, 4.69) is 15.8 Å². The van der Waals surface area contributed by atoms with Crippen LogP contribution in [0, 0.1) is 11.8 Å². The van der Waals surface area contributed by atoms with Crippen LogP contribution in [0.5, 0.6) is 0 Å². The molecule has 5 heteroatoms. The van der Waals surface area contributed by atoms with E-state index in [9.17, 15) is 9.59 Å². The molecule has 5 nitrogen and oxygen atoms in total. The lowest BCUT2D eigenvalue weighted by Crippen LogP contribution is -2.28. The number of hydrogen-bond donors (Lipinski definition) is 2. The molecule has 2 aliphatic rings. The fourth-order valence-electron chi connectivity index (χ4n) is 2.15. The van der Waals surface area contributed by atoms with E-state index in [1.165, 1.54) is 0 Å². The van der Waals surface area contributed by atoms with E-state index in [-0.39, 0.29) is 17.7 Å². The zero-order valence-corrected chi connectivity index (χ0v) is 9.01. The first-order chi connectivity index (χ1) is 8.29. The van der Waals surface area contributed by atoms with Crippen molar-refractivity contribution in [3.63, 3.8) is 0 Å². The number of anilines is 1. The van der Waals surface area contributed by atoms with Gasteiger partial charge in [-0.2, -0.15) is 5.10 Å². The molecule has 0 aromatic heterocycles. The minimum absolute atomic E-state index is 0.0259. The first-order valence-corrected chi connectivity index (χ1v) is 5.47. The molecule has 1 aromatic rings. The molecule has 2 amide bonds. The zero-order valence-electron chi connectivity index (χ0n) is 9.01. The van der Waals surface area contributed by atoms with Gasteiger partial charge in [0, 0.05) is 17.5 Å². The third kappa shape index (κ3) is 1.69. The highest BCUT2D eigenvalue weighted by atomic mass is 16.2. The molecule has 0 radical (unpaired) electrons. The van der Waals surface area contributed by atoms with Crippen LogP contribution in [-0.4, -0.2) is 18.0 Å². The van der Waals surface area contributed by atoms with Crippen LogP contribution in [0.4, 0.5) is 5.69 Å². The Morgan fingerprint density at radius 1 is 1.29 bits per heavy atom. The number of benzene rings is 1. The Morgan fingerprint density at radius 2 is 2.06 bits per heavy atom. The molecule has 1 aromatic carbocycles. The number of hydrazone groups is 1. The van der Waals surface area contributed by atoms with Gasteiger partial charge in [0.1, 0.15) is 0 Å². The smallest absolute Gasteiger partial charge is 0.243 e. The molecule has 2 unspecified atom stereocenters. The number of carbonyl (C=O) groups is 2. The van der Waals surface area contributed by atoms with Crippen molar-refractivity contribution in [2.45, 2.75) is 6.42 Å². The van der Waals surface area contributed by atoms with Gasteiger partial charge in [0.05, 0.1) is 5.71 Å². The van der Waals surface area contributed by atoms with E-state index in [1.54, 1.807) is 0 Å². The van der Waals surface area contributed by atoms with E-state index in [4.69, 9.17) is 0 Å². The van der Waals surface area contributed by atoms with Gasteiger partial charge >= 0.3 is 0 Å². The third-order valence-electron chi connectivity index (χ3n) is 3.17. The minimum Gasteiger partial charge on any atom is -0.329 e. The van der Waals surface area contributed by atoms with E-state index in [0.29, 0.717) is 6.41 Å². The van der Waals surface area contributed by atoms with Gasteiger partial charge in [0.15, 0.2) is 0 Å². The van der Waals surface area contributed by atoms with Crippen LogP contribution in [0.25, 0.3) is 0 Å². The molecular weight excluding hydrogens is 218 g/mol. The van der Waals surface area contributed by atoms with Crippen LogP contribution in [-0.2, 0) is 9.59 Å². The van der Waals surface area contributed by atoms with Crippen LogP contribution in [0.15, 0.2) is 29.4 Å². The summed E-state index contributed by atoms with van der Waals surface area (Å²) in [5, 5.41) is 6.68. The number of fused-ring (bicyclic) bond motifs is 1. The average Bonchev–Trinajstić information content (AvgIpc) is 3.12. The molecule has 0 saturated heterocycles. The molecule has 1 heterocycles. The summed E-state index contributed by atoms with van der Waals surface area (Å²) in [6.07, 6.45) is 1.53. The quantitative estimate of drug-likeness (QED) is 0.750. The van der Waals surface area contributed by atoms with Gasteiger partial charge in [-0.15, -0.1) is 0 Å². The molecule has 3 rings (SSSR count). The van der Waals surface area contributed by atoms with Crippen molar-refractivity contribution in [1.29, 1.82) is 0 Å². The molecule has 86 valence electrons. The number of carbonyl (C=O) groups excluding carboxylic acids is 2. The maximum absolute atomic E-state index is 11.3. The number of nitrogens with one attached hydrogen (secondary N) is 2. The summed E-state index contributed by atoms with van der Waals surface area (Å²) < 4.78 is 0. The van der Waals surface area contributed by atoms with E-state index in [1.807, 2.05) is 24.3 Å². The fraction of sp³-hybridized carbons (Fsp3) is 0.250. The zero-order chi connectivity index (χ0) is 11.8. The van der Waals surface area contributed by atoms with Crippen LogP contribution >= 0.6 is 0 Å². The van der Waals surface area contributed by atoms with Gasteiger partial charge in [-0.3, -0.25) is 9.59 Å². The molecule has 17 heavy (non-hydrogen) atoms. The second-order valence-corrected chi connectivity index (χ2v) is 4.26. The maximum atomic E-state index is 11.3. The Balaban J connectivity index is 1.85. The molecule has 2 N–H and O–H groups in total. The van der Waals surface area contributed by atoms with Gasteiger partial charge in [0.2, 0.25) is 12.3 Å². The largest absolute Gasteiger partial charge is 0.329 e. The second-order valence-electron chi connectivity index (χ2n) is 4.26. The number of amides is 2. The Labute approximate surface area is 97.9 Å². The van der Waals surface area contributed by atoms with Gasteiger partial charge in [0.25, 0.3) is 0 Å². The fourth-order valence-corrected chi connectivity index (χ4v) is 2.15. The number of hydrogen-bond acceptors (Lipinski definition) is 3. The first kappa shape index (κ1) is 10.0. The molecule has 1 saturated carbocycles. The summed E-state index contributed by atoms with van der Waals surface area (Å²) in [6.45, 7) is 0. The van der Waals surface area contributed by atoms with Crippen molar-refractivity contribution in [3.8, 4) is 0 Å². The lowest BCUT2D eigenvalue weighted by atomic mass is 10.0. The predicted molar refractivity (Wildman–Crippen MR) is 62.4 cm³/mol. The molecule has 1 fully saturated rings. The molecule has 1 aliphatic heterocycles. The van der Waals surface area contributed by atoms with Gasteiger partial charge in [-0.1, -0.05) is 12.1 Å². The maximum Gasteiger partial charge on any atom is 0.243 e. The Bertz CT molecular complexity index is 507. The highest BCUT2D eigenvalue weighted by Gasteiger charge is 2.49.